The maximum Gasteiger partial charge on any atom is 0.227 e. The third-order valence-corrected chi connectivity index (χ3v) is 4.65. The quantitative estimate of drug-likeness (QED) is 0.825. The average Bonchev–Trinajstić information content (AvgIpc) is 2.54. The van der Waals surface area contributed by atoms with E-state index < -0.39 is 0 Å². The topological polar surface area (TPSA) is 58.6 Å². The van der Waals surface area contributed by atoms with Gasteiger partial charge >= 0.3 is 0 Å². The molecule has 1 aromatic heterocycles. The summed E-state index contributed by atoms with van der Waals surface area (Å²) < 4.78 is 5.72. The van der Waals surface area contributed by atoms with Crippen molar-refractivity contribution in [3.63, 3.8) is 0 Å². The minimum absolute atomic E-state index is 0.0127. The zero-order valence-electron chi connectivity index (χ0n) is 13.6. The van der Waals surface area contributed by atoms with E-state index >= 15 is 0 Å². The van der Waals surface area contributed by atoms with Crippen LogP contribution >= 0.6 is 11.6 Å². The molecule has 3 atom stereocenters. The van der Waals surface area contributed by atoms with Gasteiger partial charge in [0.15, 0.2) is 11.0 Å². The van der Waals surface area contributed by atoms with Crippen LogP contribution in [0.15, 0.2) is 12.1 Å². The van der Waals surface area contributed by atoms with E-state index in [4.69, 9.17) is 16.3 Å². The highest BCUT2D eigenvalue weighted by Crippen LogP contribution is 2.24. The normalized spacial score (nSPS) is 28.7. The smallest absolute Gasteiger partial charge is 0.227 e. The van der Waals surface area contributed by atoms with Crippen LogP contribution in [0.25, 0.3) is 0 Å². The Hall–Kier alpha value is -1.40. The summed E-state index contributed by atoms with van der Waals surface area (Å²) in [5.74, 6) is 1.04. The fraction of sp³-hybridized carbons (Fsp3) is 0.688. The van der Waals surface area contributed by atoms with Gasteiger partial charge in [-0.05, 0) is 38.8 Å². The van der Waals surface area contributed by atoms with Crippen LogP contribution < -0.4 is 4.90 Å². The second-order valence-electron chi connectivity index (χ2n) is 6.50. The molecule has 0 aromatic carbocycles. The van der Waals surface area contributed by atoms with Crippen molar-refractivity contribution in [2.45, 2.75) is 38.9 Å². The number of hydrogen-bond acceptors (Lipinski definition) is 5. The number of piperidine rings is 1. The van der Waals surface area contributed by atoms with Gasteiger partial charge in [-0.1, -0.05) is 11.6 Å². The van der Waals surface area contributed by atoms with Crippen LogP contribution in [-0.2, 0) is 9.53 Å². The summed E-state index contributed by atoms with van der Waals surface area (Å²) in [5, 5.41) is 8.41. The number of hydrogen-bond donors (Lipinski definition) is 0. The Morgan fingerprint density at radius 3 is 2.61 bits per heavy atom. The molecule has 1 aromatic rings. The predicted molar refractivity (Wildman–Crippen MR) is 88.6 cm³/mol. The second-order valence-corrected chi connectivity index (χ2v) is 6.89. The molecule has 3 heterocycles. The highest BCUT2D eigenvalue weighted by Gasteiger charge is 2.33. The van der Waals surface area contributed by atoms with Gasteiger partial charge in [0, 0.05) is 26.2 Å². The van der Waals surface area contributed by atoms with E-state index in [2.05, 4.69) is 15.1 Å². The van der Waals surface area contributed by atoms with Crippen molar-refractivity contribution in [3.05, 3.63) is 17.3 Å². The SMILES string of the molecule is C[C@@H]1CN(C(=O)[C@H]2CCCN(c3ccc(Cl)nn3)C2)C[C@H](C)O1. The maximum absolute atomic E-state index is 12.9. The van der Waals surface area contributed by atoms with Gasteiger partial charge in [0.25, 0.3) is 0 Å². The van der Waals surface area contributed by atoms with Crippen molar-refractivity contribution in [2.24, 2.45) is 5.92 Å². The Balaban J connectivity index is 1.65. The van der Waals surface area contributed by atoms with E-state index in [-0.39, 0.29) is 24.0 Å². The number of carbonyl (C=O) groups excluding carboxylic acids is 1. The fourth-order valence-corrected chi connectivity index (χ4v) is 3.58. The molecule has 2 saturated heterocycles. The molecule has 126 valence electrons. The first kappa shape index (κ1) is 16.5. The fourth-order valence-electron chi connectivity index (χ4n) is 3.48. The molecule has 6 nitrogen and oxygen atoms in total. The van der Waals surface area contributed by atoms with Crippen molar-refractivity contribution in [1.82, 2.24) is 15.1 Å². The Bertz CT molecular complexity index is 544. The largest absolute Gasteiger partial charge is 0.372 e. The number of morpholine rings is 1. The molecule has 1 amide bonds. The summed E-state index contributed by atoms with van der Waals surface area (Å²) in [6.45, 7) is 6.99. The zero-order chi connectivity index (χ0) is 16.4. The van der Waals surface area contributed by atoms with Gasteiger partial charge in [-0.3, -0.25) is 4.79 Å². The molecule has 7 heteroatoms. The number of halogens is 1. The zero-order valence-corrected chi connectivity index (χ0v) is 14.4. The van der Waals surface area contributed by atoms with Gasteiger partial charge < -0.3 is 14.5 Å². The Kier molecular flexibility index (Phi) is 5.02. The van der Waals surface area contributed by atoms with E-state index in [0.717, 1.165) is 25.2 Å². The van der Waals surface area contributed by atoms with Crippen molar-refractivity contribution in [2.75, 3.05) is 31.1 Å². The molecular weight excluding hydrogens is 316 g/mol. The van der Waals surface area contributed by atoms with Gasteiger partial charge in [-0.15, -0.1) is 10.2 Å². The van der Waals surface area contributed by atoms with Crippen molar-refractivity contribution < 1.29 is 9.53 Å². The summed E-state index contributed by atoms with van der Waals surface area (Å²) in [5.41, 5.74) is 0. The predicted octanol–water partition coefficient (Wildman–Crippen LogP) is 1.98. The van der Waals surface area contributed by atoms with Gasteiger partial charge in [0.05, 0.1) is 18.1 Å². The average molecular weight is 339 g/mol. The molecule has 0 aliphatic carbocycles. The highest BCUT2D eigenvalue weighted by atomic mass is 35.5. The van der Waals surface area contributed by atoms with Crippen LogP contribution in [0.5, 0.6) is 0 Å². The van der Waals surface area contributed by atoms with Crippen molar-refractivity contribution >= 4 is 23.3 Å². The first-order valence-electron chi connectivity index (χ1n) is 8.21. The molecule has 2 fully saturated rings. The Morgan fingerprint density at radius 2 is 1.96 bits per heavy atom. The van der Waals surface area contributed by atoms with Crippen LogP contribution in [0.3, 0.4) is 0 Å². The lowest BCUT2D eigenvalue weighted by atomic mass is 9.96. The summed E-state index contributed by atoms with van der Waals surface area (Å²) >= 11 is 5.79. The number of amides is 1. The van der Waals surface area contributed by atoms with Crippen LogP contribution in [0.4, 0.5) is 5.82 Å². The third-order valence-electron chi connectivity index (χ3n) is 4.44. The Labute approximate surface area is 141 Å². The standard InChI is InChI=1S/C16H23ClN4O2/c1-11-8-21(9-12(2)23-11)16(22)13-4-3-7-20(10-13)15-6-5-14(17)18-19-15/h5-6,11-13H,3-4,7-10H2,1-2H3/t11-,12+,13-/m0/s1. The molecule has 3 rings (SSSR count). The summed E-state index contributed by atoms with van der Waals surface area (Å²) in [6, 6.07) is 3.60. The lowest BCUT2D eigenvalue weighted by Gasteiger charge is -2.39. The summed E-state index contributed by atoms with van der Waals surface area (Å²) in [6.07, 6.45) is 2.11. The minimum Gasteiger partial charge on any atom is -0.372 e. The molecule has 0 radical (unpaired) electrons. The third kappa shape index (κ3) is 3.93. The second kappa shape index (κ2) is 7.01. The van der Waals surface area contributed by atoms with E-state index in [1.54, 1.807) is 6.07 Å². The number of aromatic nitrogens is 2. The molecule has 0 unspecified atom stereocenters. The molecule has 23 heavy (non-hydrogen) atoms. The van der Waals surface area contributed by atoms with Gasteiger partial charge in [-0.2, -0.15) is 0 Å². The molecule has 0 spiro atoms. The minimum atomic E-state index is 0.0127. The van der Waals surface area contributed by atoms with E-state index in [9.17, 15) is 4.79 Å². The van der Waals surface area contributed by atoms with E-state index in [1.165, 1.54) is 0 Å². The van der Waals surface area contributed by atoms with Crippen molar-refractivity contribution in [3.8, 4) is 0 Å². The Morgan fingerprint density at radius 1 is 1.22 bits per heavy atom. The molecule has 0 saturated carbocycles. The molecule has 2 aliphatic heterocycles. The van der Waals surface area contributed by atoms with Gasteiger partial charge in [-0.25, -0.2) is 0 Å². The highest BCUT2D eigenvalue weighted by molar-refractivity contribution is 6.29. The van der Waals surface area contributed by atoms with Gasteiger partial charge in [0.1, 0.15) is 0 Å². The molecule has 2 aliphatic rings. The lowest BCUT2D eigenvalue weighted by Crippen LogP contribution is -2.52. The lowest BCUT2D eigenvalue weighted by molar-refractivity contribution is -0.147. The van der Waals surface area contributed by atoms with Crippen LogP contribution in [0.2, 0.25) is 5.15 Å². The van der Waals surface area contributed by atoms with Crippen LogP contribution in [0.1, 0.15) is 26.7 Å². The first-order chi connectivity index (χ1) is 11.0. The summed E-state index contributed by atoms with van der Waals surface area (Å²) in [4.78, 5) is 16.9. The molecule has 0 N–H and O–H groups in total. The number of carbonyl (C=O) groups is 1. The summed E-state index contributed by atoms with van der Waals surface area (Å²) in [7, 11) is 0. The number of anilines is 1. The van der Waals surface area contributed by atoms with E-state index in [1.807, 2.05) is 24.8 Å². The van der Waals surface area contributed by atoms with Crippen LogP contribution in [0, 0.1) is 5.92 Å². The number of ether oxygens (including phenoxy) is 1. The number of nitrogens with zero attached hydrogens (tertiary/aromatic N) is 4. The molecular formula is C16H23ClN4O2. The van der Waals surface area contributed by atoms with Gasteiger partial charge in [0.2, 0.25) is 5.91 Å². The monoisotopic (exact) mass is 338 g/mol. The van der Waals surface area contributed by atoms with Crippen LogP contribution in [-0.4, -0.2) is 59.4 Å². The van der Waals surface area contributed by atoms with Crippen molar-refractivity contribution in [1.29, 1.82) is 0 Å². The number of rotatable bonds is 2. The first-order valence-corrected chi connectivity index (χ1v) is 8.59. The molecule has 0 bridgehead atoms. The maximum atomic E-state index is 12.9. The van der Waals surface area contributed by atoms with E-state index in [0.29, 0.717) is 24.8 Å².